The summed E-state index contributed by atoms with van der Waals surface area (Å²) in [6, 6.07) is 0. The predicted molar refractivity (Wildman–Crippen MR) is 75.5 cm³/mol. The first kappa shape index (κ1) is 15.2. The maximum Gasteiger partial charge on any atom is 0.0826 e. The van der Waals surface area contributed by atoms with Crippen molar-refractivity contribution < 1.29 is 5.11 Å². The van der Waals surface area contributed by atoms with Gasteiger partial charge in [0.1, 0.15) is 0 Å². The quantitative estimate of drug-likeness (QED) is 0.767. The topological polar surface area (TPSA) is 38.0 Å². The van der Waals surface area contributed by atoms with E-state index in [-0.39, 0.29) is 6.10 Å². The van der Waals surface area contributed by atoms with E-state index in [0.29, 0.717) is 5.92 Å². The summed E-state index contributed by atoms with van der Waals surface area (Å²) in [4.78, 5) is 0. The fourth-order valence-electron chi connectivity index (χ4n) is 2.53. The number of nitrogens with zero attached hydrogens (tertiary/aromatic N) is 2. The highest BCUT2D eigenvalue weighted by molar-refractivity contribution is 5.19. The van der Waals surface area contributed by atoms with Gasteiger partial charge in [-0.05, 0) is 18.8 Å². The summed E-state index contributed by atoms with van der Waals surface area (Å²) in [7, 11) is 1.92. The van der Waals surface area contributed by atoms with Gasteiger partial charge in [0, 0.05) is 18.8 Å². The van der Waals surface area contributed by atoms with Gasteiger partial charge in [-0.1, -0.05) is 46.5 Å². The molecule has 1 aromatic rings. The molecule has 0 amide bonds. The van der Waals surface area contributed by atoms with Crippen molar-refractivity contribution in [1.82, 2.24) is 9.78 Å². The molecule has 2 atom stereocenters. The number of aromatic nitrogens is 2. The van der Waals surface area contributed by atoms with Crippen LogP contribution >= 0.6 is 0 Å². The van der Waals surface area contributed by atoms with Crippen LogP contribution in [0.4, 0.5) is 0 Å². The molecule has 2 unspecified atom stereocenters. The summed E-state index contributed by atoms with van der Waals surface area (Å²) in [5, 5.41) is 14.8. The van der Waals surface area contributed by atoms with E-state index in [9.17, 15) is 5.11 Å². The molecular formula is C15H28N2O. The first-order chi connectivity index (χ1) is 8.62. The number of hydrogen-bond donors (Lipinski definition) is 1. The van der Waals surface area contributed by atoms with E-state index >= 15 is 0 Å². The van der Waals surface area contributed by atoms with E-state index in [0.717, 1.165) is 30.5 Å². The van der Waals surface area contributed by atoms with Gasteiger partial charge < -0.3 is 5.11 Å². The number of hydrogen-bond acceptors (Lipinski definition) is 2. The lowest BCUT2D eigenvalue weighted by molar-refractivity contribution is 0.138. The Kier molecular flexibility index (Phi) is 6.41. The molecule has 0 saturated heterocycles. The largest absolute Gasteiger partial charge is 0.388 e. The fraction of sp³-hybridized carbons (Fsp3) is 0.800. The van der Waals surface area contributed by atoms with Gasteiger partial charge in [-0.3, -0.25) is 4.68 Å². The highest BCUT2D eigenvalue weighted by Crippen LogP contribution is 2.28. The Morgan fingerprint density at radius 3 is 2.61 bits per heavy atom. The Morgan fingerprint density at radius 1 is 1.33 bits per heavy atom. The third kappa shape index (κ3) is 4.13. The molecule has 0 aliphatic heterocycles. The van der Waals surface area contributed by atoms with Crippen LogP contribution in [0.5, 0.6) is 0 Å². The third-order valence-electron chi connectivity index (χ3n) is 3.73. The van der Waals surface area contributed by atoms with E-state index in [4.69, 9.17) is 0 Å². The molecule has 0 radical (unpaired) electrons. The van der Waals surface area contributed by atoms with Gasteiger partial charge in [0.2, 0.25) is 0 Å². The number of unbranched alkanes of at least 4 members (excludes halogenated alkanes) is 1. The van der Waals surface area contributed by atoms with Gasteiger partial charge in [-0.25, -0.2) is 0 Å². The molecule has 1 rings (SSSR count). The SMILES string of the molecule is CCCCC(CC)CC(O)c1cn(C)nc1CC. The molecule has 1 heterocycles. The molecule has 0 saturated carbocycles. The van der Waals surface area contributed by atoms with Crippen LogP contribution in [0.2, 0.25) is 0 Å². The summed E-state index contributed by atoms with van der Waals surface area (Å²) in [5.74, 6) is 0.630. The molecule has 18 heavy (non-hydrogen) atoms. The Labute approximate surface area is 111 Å². The van der Waals surface area contributed by atoms with Crippen molar-refractivity contribution in [3.05, 3.63) is 17.5 Å². The Bertz CT molecular complexity index is 346. The van der Waals surface area contributed by atoms with Gasteiger partial charge in [-0.2, -0.15) is 5.10 Å². The van der Waals surface area contributed by atoms with Crippen LogP contribution in [0.1, 0.15) is 70.2 Å². The van der Waals surface area contributed by atoms with Crippen LogP contribution in [0.3, 0.4) is 0 Å². The molecule has 0 fully saturated rings. The number of aliphatic hydroxyl groups excluding tert-OH is 1. The Hall–Kier alpha value is -0.830. The van der Waals surface area contributed by atoms with Gasteiger partial charge in [0.25, 0.3) is 0 Å². The lowest BCUT2D eigenvalue weighted by Gasteiger charge is -2.18. The van der Waals surface area contributed by atoms with Gasteiger partial charge in [-0.15, -0.1) is 0 Å². The molecule has 0 aliphatic carbocycles. The minimum absolute atomic E-state index is 0.351. The molecular weight excluding hydrogens is 224 g/mol. The van der Waals surface area contributed by atoms with Crippen molar-refractivity contribution in [2.45, 2.75) is 65.4 Å². The standard InChI is InChI=1S/C15H28N2O/c1-5-8-9-12(6-2)10-15(18)13-11-17(4)16-14(13)7-3/h11-12,15,18H,5-10H2,1-4H3. The molecule has 104 valence electrons. The molecule has 3 heteroatoms. The van der Waals surface area contributed by atoms with Crippen molar-refractivity contribution in [3.8, 4) is 0 Å². The van der Waals surface area contributed by atoms with Crippen molar-refractivity contribution >= 4 is 0 Å². The predicted octanol–water partition coefficient (Wildman–Crippen LogP) is 3.62. The number of aliphatic hydroxyl groups is 1. The Balaban J connectivity index is 2.64. The zero-order chi connectivity index (χ0) is 13.5. The van der Waals surface area contributed by atoms with Crippen LogP contribution in [0, 0.1) is 5.92 Å². The van der Waals surface area contributed by atoms with Crippen molar-refractivity contribution in [1.29, 1.82) is 0 Å². The van der Waals surface area contributed by atoms with Crippen LogP contribution in [0.15, 0.2) is 6.20 Å². The van der Waals surface area contributed by atoms with Crippen molar-refractivity contribution in [3.63, 3.8) is 0 Å². The molecule has 3 nitrogen and oxygen atoms in total. The third-order valence-corrected chi connectivity index (χ3v) is 3.73. The fourth-order valence-corrected chi connectivity index (χ4v) is 2.53. The highest BCUT2D eigenvalue weighted by atomic mass is 16.3. The second-order valence-electron chi connectivity index (χ2n) is 5.23. The minimum Gasteiger partial charge on any atom is -0.388 e. The monoisotopic (exact) mass is 252 g/mol. The van der Waals surface area contributed by atoms with E-state index < -0.39 is 0 Å². The Morgan fingerprint density at radius 2 is 2.06 bits per heavy atom. The normalized spacial score (nSPS) is 14.7. The number of aryl methyl sites for hydroxylation is 2. The number of rotatable bonds is 8. The van der Waals surface area contributed by atoms with E-state index in [1.807, 2.05) is 17.9 Å². The van der Waals surface area contributed by atoms with Crippen LogP contribution in [0.25, 0.3) is 0 Å². The highest BCUT2D eigenvalue weighted by Gasteiger charge is 2.19. The summed E-state index contributed by atoms with van der Waals surface area (Å²) >= 11 is 0. The van der Waals surface area contributed by atoms with Gasteiger partial charge >= 0.3 is 0 Å². The van der Waals surface area contributed by atoms with Gasteiger partial charge in [0.05, 0.1) is 11.8 Å². The summed E-state index contributed by atoms with van der Waals surface area (Å²) in [6.07, 6.45) is 8.25. The molecule has 0 aliphatic rings. The first-order valence-electron chi connectivity index (χ1n) is 7.32. The molecule has 0 aromatic carbocycles. The van der Waals surface area contributed by atoms with E-state index in [1.165, 1.54) is 19.3 Å². The lowest BCUT2D eigenvalue weighted by Crippen LogP contribution is -2.08. The minimum atomic E-state index is -0.351. The summed E-state index contributed by atoms with van der Waals surface area (Å²) in [5.41, 5.74) is 2.06. The summed E-state index contributed by atoms with van der Waals surface area (Å²) < 4.78 is 1.81. The summed E-state index contributed by atoms with van der Waals surface area (Å²) in [6.45, 7) is 6.53. The van der Waals surface area contributed by atoms with Crippen LogP contribution < -0.4 is 0 Å². The second kappa shape index (κ2) is 7.57. The average Bonchev–Trinajstić information content (AvgIpc) is 2.75. The van der Waals surface area contributed by atoms with E-state index in [2.05, 4.69) is 25.9 Å². The molecule has 1 N–H and O–H groups in total. The van der Waals surface area contributed by atoms with Gasteiger partial charge in [0.15, 0.2) is 0 Å². The first-order valence-corrected chi connectivity index (χ1v) is 7.32. The zero-order valence-corrected chi connectivity index (χ0v) is 12.3. The van der Waals surface area contributed by atoms with Crippen LogP contribution in [-0.2, 0) is 13.5 Å². The lowest BCUT2D eigenvalue weighted by atomic mass is 9.90. The van der Waals surface area contributed by atoms with E-state index in [1.54, 1.807) is 0 Å². The average molecular weight is 252 g/mol. The van der Waals surface area contributed by atoms with Crippen LogP contribution in [-0.4, -0.2) is 14.9 Å². The van der Waals surface area contributed by atoms with Crippen molar-refractivity contribution in [2.75, 3.05) is 0 Å². The van der Waals surface area contributed by atoms with Crippen molar-refractivity contribution in [2.24, 2.45) is 13.0 Å². The molecule has 0 bridgehead atoms. The smallest absolute Gasteiger partial charge is 0.0826 e. The molecule has 1 aromatic heterocycles. The second-order valence-corrected chi connectivity index (χ2v) is 5.23. The molecule has 0 spiro atoms. The maximum atomic E-state index is 10.4. The maximum absolute atomic E-state index is 10.4. The zero-order valence-electron chi connectivity index (χ0n) is 12.3.